The minimum Gasteiger partial charge on any atom is -0.482 e. The van der Waals surface area contributed by atoms with Crippen LogP contribution in [0.1, 0.15) is 15.9 Å². The molecule has 2 rings (SSSR count). The SMILES string of the molecule is Cc1ccc(C(=O)O)cc1NC(=O)COc1ccc(Br)cc1Cl. The Bertz CT molecular complexity index is 764. The Morgan fingerprint density at radius 1 is 1.26 bits per heavy atom. The maximum atomic E-state index is 12.0. The van der Waals surface area contributed by atoms with Gasteiger partial charge in [0, 0.05) is 10.2 Å². The highest BCUT2D eigenvalue weighted by molar-refractivity contribution is 9.10. The molecule has 0 spiro atoms. The van der Waals surface area contributed by atoms with Crippen molar-refractivity contribution in [1.82, 2.24) is 0 Å². The van der Waals surface area contributed by atoms with Crippen molar-refractivity contribution in [3.05, 3.63) is 57.0 Å². The fourth-order valence-corrected chi connectivity index (χ4v) is 2.54. The van der Waals surface area contributed by atoms with Crippen LogP contribution in [0.4, 0.5) is 5.69 Å². The number of aryl methyl sites for hydroxylation is 1. The number of amides is 1. The molecule has 2 aromatic rings. The number of hydrogen-bond donors (Lipinski definition) is 2. The molecule has 1 amide bonds. The van der Waals surface area contributed by atoms with Crippen molar-refractivity contribution in [3.63, 3.8) is 0 Å². The van der Waals surface area contributed by atoms with Gasteiger partial charge in [0.25, 0.3) is 5.91 Å². The van der Waals surface area contributed by atoms with Crippen LogP contribution in [0.5, 0.6) is 5.75 Å². The van der Waals surface area contributed by atoms with Gasteiger partial charge in [-0.1, -0.05) is 33.6 Å². The van der Waals surface area contributed by atoms with Gasteiger partial charge in [0.05, 0.1) is 10.6 Å². The molecule has 0 atom stereocenters. The van der Waals surface area contributed by atoms with E-state index in [1.807, 2.05) is 0 Å². The third kappa shape index (κ3) is 4.71. The van der Waals surface area contributed by atoms with Crippen molar-refractivity contribution in [2.24, 2.45) is 0 Å². The number of benzene rings is 2. The van der Waals surface area contributed by atoms with E-state index in [1.54, 1.807) is 31.2 Å². The van der Waals surface area contributed by atoms with E-state index in [0.29, 0.717) is 16.5 Å². The maximum Gasteiger partial charge on any atom is 0.335 e. The van der Waals surface area contributed by atoms with Gasteiger partial charge in [-0.2, -0.15) is 0 Å². The second-order valence-electron chi connectivity index (χ2n) is 4.75. The molecule has 0 radical (unpaired) electrons. The number of carbonyl (C=O) groups is 2. The van der Waals surface area contributed by atoms with E-state index >= 15 is 0 Å². The molecule has 0 aliphatic rings. The molecule has 2 aromatic carbocycles. The smallest absolute Gasteiger partial charge is 0.335 e. The molecule has 2 N–H and O–H groups in total. The Kier molecular flexibility index (Phi) is 5.63. The predicted molar refractivity (Wildman–Crippen MR) is 91.4 cm³/mol. The van der Waals surface area contributed by atoms with Gasteiger partial charge in [-0.3, -0.25) is 4.79 Å². The number of anilines is 1. The largest absolute Gasteiger partial charge is 0.482 e. The van der Waals surface area contributed by atoms with Gasteiger partial charge in [0.15, 0.2) is 6.61 Å². The molecule has 120 valence electrons. The van der Waals surface area contributed by atoms with E-state index in [2.05, 4.69) is 21.2 Å². The lowest BCUT2D eigenvalue weighted by molar-refractivity contribution is -0.118. The van der Waals surface area contributed by atoms with Gasteiger partial charge < -0.3 is 15.2 Å². The monoisotopic (exact) mass is 397 g/mol. The molecule has 5 nitrogen and oxygen atoms in total. The Morgan fingerprint density at radius 2 is 2.00 bits per heavy atom. The fraction of sp³-hybridized carbons (Fsp3) is 0.125. The third-order valence-electron chi connectivity index (χ3n) is 3.01. The average Bonchev–Trinajstić information content (AvgIpc) is 2.48. The van der Waals surface area contributed by atoms with Crippen LogP contribution in [0.25, 0.3) is 0 Å². The number of halogens is 2. The standard InChI is InChI=1S/C16H13BrClNO4/c1-9-2-3-10(16(21)22)6-13(9)19-15(20)8-23-14-5-4-11(17)7-12(14)18/h2-7H,8H2,1H3,(H,19,20)(H,21,22). The summed E-state index contributed by atoms with van der Waals surface area (Å²) in [6.07, 6.45) is 0. The average molecular weight is 399 g/mol. The zero-order chi connectivity index (χ0) is 17.0. The van der Waals surface area contributed by atoms with Crippen LogP contribution in [-0.4, -0.2) is 23.6 Å². The van der Waals surface area contributed by atoms with Gasteiger partial charge in [-0.05, 0) is 42.8 Å². The van der Waals surface area contributed by atoms with E-state index in [1.165, 1.54) is 12.1 Å². The van der Waals surface area contributed by atoms with Crippen LogP contribution in [0.15, 0.2) is 40.9 Å². The molecule has 0 aliphatic carbocycles. The Morgan fingerprint density at radius 3 is 2.65 bits per heavy atom. The number of ether oxygens (including phenoxy) is 1. The van der Waals surface area contributed by atoms with E-state index in [9.17, 15) is 9.59 Å². The highest BCUT2D eigenvalue weighted by atomic mass is 79.9. The number of carboxylic acid groups (broad SMARTS) is 1. The Labute approximate surface area is 146 Å². The van der Waals surface area contributed by atoms with Gasteiger partial charge in [-0.25, -0.2) is 4.79 Å². The van der Waals surface area contributed by atoms with Crippen LogP contribution in [-0.2, 0) is 4.79 Å². The summed E-state index contributed by atoms with van der Waals surface area (Å²) in [6.45, 7) is 1.53. The summed E-state index contributed by atoms with van der Waals surface area (Å²) >= 11 is 9.28. The summed E-state index contributed by atoms with van der Waals surface area (Å²) in [6, 6.07) is 9.57. The van der Waals surface area contributed by atoms with Crippen molar-refractivity contribution in [3.8, 4) is 5.75 Å². The Hall–Kier alpha value is -2.05. The molecule has 7 heteroatoms. The van der Waals surface area contributed by atoms with Crippen molar-refractivity contribution in [1.29, 1.82) is 0 Å². The predicted octanol–water partition coefficient (Wildman–Crippen LogP) is 4.13. The highest BCUT2D eigenvalue weighted by Gasteiger charge is 2.10. The molecule has 0 saturated heterocycles. The number of carbonyl (C=O) groups excluding carboxylic acids is 1. The number of rotatable bonds is 5. The molecule has 0 heterocycles. The van der Waals surface area contributed by atoms with E-state index in [4.69, 9.17) is 21.4 Å². The van der Waals surface area contributed by atoms with Gasteiger partial charge in [-0.15, -0.1) is 0 Å². The number of hydrogen-bond acceptors (Lipinski definition) is 3. The zero-order valence-corrected chi connectivity index (χ0v) is 14.4. The third-order valence-corrected chi connectivity index (χ3v) is 3.80. The maximum absolute atomic E-state index is 12.0. The number of aromatic carboxylic acids is 1. The summed E-state index contributed by atoms with van der Waals surface area (Å²) in [5.74, 6) is -1.07. The first-order chi connectivity index (χ1) is 10.9. The van der Waals surface area contributed by atoms with Crippen LogP contribution < -0.4 is 10.1 Å². The van der Waals surface area contributed by atoms with Crippen molar-refractivity contribution in [2.75, 3.05) is 11.9 Å². The van der Waals surface area contributed by atoms with E-state index < -0.39 is 11.9 Å². The van der Waals surface area contributed by atoms with E-state index in [0.717, 1.165) is 10.0 Å². The highest BCUT2D eigenvalue weighted by Crippen LogP contribution is 2.27. The summed E-state index contributed by atoms with van der Waals surface area (Å²) in [7, 11) is 0. The second-order valence-corrected chi connectivity index (χ2v) is 6.07. The quantitative estimate of drug-likeness (QED) is 0.794. The van der Waals surface area contributed by atoms with Crippen LogP contribution in [0.3, 0.4) is 0 Å². The summed E-state index contributed by atoms with van der Waals surface area (Å²) in [5.41, 5.74) is 1.29. The molecular formula is C16H13BrClNO4. The molecule has 0 aliphatic heterocycles. The molecule has 0 fully saturated rings. The van der Waals surface area contributed by atoms with Gasteiger partial charge in [0.2, 0.25) is 0 Å². The van der Waals surface area contributed by atoms with Crippen molar-refractivity contribution in [2.45, 2.75) is 6.92 Å². The normalized spacial score (nSPS) is 10.2. The van der Waals surface area contributed by atoms with Crippen LogP contribution in [0.2, 0.25) is 5.02 Å². The lowest BCUT2D eigenvalue weighted by Crippen LogP contribution is -2.21. The molecule has 0 unspecified atom stereocenters. The fourth-order valence-electron chi connectivity index (χ4n) is 1.81. The first kappa shape index (κ1) is 17.3. The number of carboxylic acids is 1. The topological polar surface area (TPSA) is 75.6 Å². The minimum absolute atomic E-state index is 0.0998. The van der Waals surface area contributed by atoms with Gasteiger partial charge >= 0.3 is 5.97 Å². The minimum atomic E-state index is -1.06. The lowest BCUT2D eigenvalue weighted by Gasteiger charge is -2.11. The lowest BCUT2D eigenvalue weighted by atomic mass is 10.1. The van der Waals surface area contributed by atoms with Crippen LogP contribution in [0, 0.1) is 6.92 Å². The summed E-state index contributed by atoms with van der Waals surface area (Å²) < 4.78 is 6.17. The first-order valence-corrected chi connectivity index (χ1v) is 7.75. The summed E-state index contributed by atoms with van der Waals surface area (Å²) in [4.78, 5) is 22.9. The van der Waals surface area contributed by atoms with Gasteiger partial charge in [0.1, 0.15) is 5.75 Å². The van der Waals surface area contributed by atoms with Crippen molar-refractivity contribution < 1.29 is 19.4 Å². The first-order valence-electron chi connectivity index (χ1n) is 6.58. The summed E-state index contributed by atoms with van der Waals surface area (Å²) in [5, 5.41) is 12.0. The molecule has 0 aromatic heterocycles. The molecule has 0 bridgehead atoms. The number of nitrogens with one attached hydrogen (secondary N) is 1. The van der Waals surface area contributed by atoms with E-state index in [-0.39, 0.29) is 12.2 Å². The van der Waals surface area contributed by atoms with Crippen LogP contribution >= 0.6 is 27.5 Å². The van der Waals surface area contributed by atoms with Crippen molar-refractivity contribution >= 4 is 45.1 Å². The zero-order valence-electron chi connectivity index (χ0n) is 12.1. The Balaban J connectivity index is 2.02. The molecule has 0 saturated carbocycles. The molecule has 23 heavy (non-hydrogen) atoms. The second kappa shape index (κ2) is 7.48. The molecular weight excluding hydrogens is 386 g/mol.